The normalized spacial score (nSPS) is 14.2. The summed E-state index contributed by atoms with van der Waals surface area (Å²) >= 11 is 0. The van der Waals surface area contributed by atoms with Crippen LogP contribution < -0.4 is 15.5 Å². The van der Waals surface area contributed by atoms with Gasteiger partial charge >= 0.3 is 0 Å². The van der Waals surface area contributed by atoms with E-state index >= 15 is 0 Å². The van der Waals surface area contributed by atoms with E-state index in [0.717, 1.165) is 30.0 Å². The van der Waals surface area contributed by atoms with E-state index in [0.29, 0.717) is 11.7 Å². The lowest BCUT2D eigenvalue weighted by atomic mass is 10.1. The van der Waals surface area contributed by atoms with Crippen LogP contribution in [0.15, 0.2) is 36.5 Å². The Bertz CT molecular complexity index is 762. The van der Waals surface area contributed by atoms with Gasteiger partial charge in [0.25, 0.3) is 5.91 Å². The Kier molecular flexibility index (Phi) is 6.32. The zero-order valence-electron chi connectivity index (χ0n) is 16.6. The van der Waals surface area contributed by atoms with Crippen molar-refractivity contribution in [2.24, 2.45) is 0 Å². The van der Waals surface area contributed by atoms with Crippen LogP contribution in [0.2, 0.25) is 0 Å². The Balaban J connectivity index is 1.64. The van der Waals surface area contributed by atoms with E-state index in [4.69, 9.17) is 0 Å². The molecule has 27 heavy (non-hydrogen) atoms. The lowest BCUT2D eigenvalue weighted by molar-refractivity contribution is 0.102. The quantitative estimate of drug-likeness (QED) is 0.736. The number of aromatic nitrogens is 1. The van der Waals surface area contributed by atoms with E-state index in [2.05, 4.69) is 46.5 Å². The number of rotatable bonds is 7. The van der Waals surface area contributed by atoms with Crippen molar-refractivity contribution in [1.29, 1.82) is 0 Å². The minimum atomic E-state index is -0.180. The predicted molar refractivity (Wildman–Crippen MR) is 113 cm³/mol. The molecule has 2 N–H and O–H groups in total. The smallest absolute Gasteiger partial charge is 0.274 e. The number of nitrogens with zero attached hydrogens (tertiary/aromatic N) is 2. The van der Waals surface area contributed by atoms with Crippen molar-refractivity contribution in [3.63, 3.8) is 0 Å². The van der Waals surface area contributed by atoms with Crippen LogP contribution in [0.1, 0.15) is 55.6 Å². The van der Waals surface area contributed by atoms with Crippen molar-refractivity contribution >= 4 is 23.0 Å². The largest absolute Gasteiger partial charge is 0.381 e. The molecule has 0 bridgehead atoms. The Labute approximate surface area is 162 Å². The van der Waals surface area contributed by atoms with Crippen LogP contribution in [-0.4, -0.2) is 30.0 Å². The van der Waals surface area contributed by atoms with Crippen molar-refractivity contribution in [3.8, 4) is 0 Å². The van der Waals surface area contributed by atoms with Gasteiger partial charge in [-0.3, -0.25) is 4.79 Å². The summed E-state index contributed by atoms with van der Waals surface area (Å²) in [7, 11) is 0. The molecule has 1 aliphatic carbocycles. The molecule has 0 unspecified atom stereocenters. The molecule has 0 saturated heterocycles. The number of benzene rings is 1. The van der Waals surface area contributed by atoms with Gasteiger partial charge in [-0.1, -0.05) is 12.8 Å². The van der Waals surface area contributed by atoms with E-state index in [1.54, 1.807) is 12.3 Å². The highest BCUT2D eigenvalue weighted by Crippen LogP contribution is 2.24. The van der Waals surface area contributed by atoms with Crippen molar-refractivity contribution in [2.45, 2.75) is 52.5 Å². The standard InChI is InChI=1S/C22H30N4O/c1-4-26(5-2)19-11-13-20(16(3)14-19)25-22(27)21-12-10-18(15-23-21)24-17-8-6-7-9-17/h10-15,17,24H,4-9H2,1-3H3,(H,25,27). The van der Waals surface area contributed by atoms with Crippen LogP contribution in [0.25, 0.3) is 0 Å². The molecule has 2 aromatic rings. The number of aryl methyl sites for hydroxylation is 1. The third-order valence-electron chi connectivity index (χ3n) is 5.31. The number of pyridine rings is 1. The number of anilines is 3. The van der Waals surface area contributed by atoms with E-state index in [1.165, 1.54) is 31.4 Å². The van der Waals surface area contributed by atoms with Crippen LogP contribution >= 0.6 is 0 Å². The van der Waals surface area contributed by atoms with Gasteiger partial charge in [-0.15, -0.1) is 0 Å². The third-order valence-corrected chi connectivity index (χ3v) is 5.31. The molecule has 0 radical (unpaired) electrons. The SMILES string of the molecule is CCN(CC)c1ccc(NC(=O)c2ccc(NC3CCCC3)cn2)c(C)c1. The van der Waals surface area contributed by atoms with E-state index in [1.807, 2.05) is 19.1 Å². The van der Waals surface area contributed by atoms with Gasteiger partial charge in [-0.2, -0.15) is 0 Å². The Morgan fingerprint density at radius 1 is 1.15 bits per heavy atom. The fourth-order valence-corrected chi connectivity index (χ4v) is 3.68. The average Bonchev–Trinajstić information content (AvgIpc) is 3.18. The second-order valence-corrected chi connectivity index (χ2v) is 7.18. The van der Waals surface area contributed by atoms with Crippen molar-refractivity contribution in [3.05, 3.63) is 47.8 Å². The molecule has 3 rings (SSSR count). The first-order valence-corrected chi connectivity index (χ1v) is 10.00. The van der Waals surface area contributed by atoms with E-state index < -0.39 is 0 Å². The first kappa shape index (κ1) is 19.2. The van der Waals surface area contributed by atoms with Crippen LogP contribution in [0.4, 0.5) is 17.1 Å². The maximum absolute atomic E-state index is 12.5. The molecular formula is C22H30N4O. The number of carbonyl (C=O) groups excluding carboxylic acids is 1. The highest BCUT2D eigenvalue weighted by atomic mass is 16.1. The molecule has 1 aliphatic rings. The molecule has 1 heterocycles. The topological polar surface area (TPSA) is 57.3 Å². The molecular weight excluding hydrogens is 336 g/mol. The van der Waals surface area contributed by atoms with Crippen molar-refractivity contribution in [1.82, 2.24) is 4.98 Å². The molecule has 0 aliphatic heterocycles. The lowest BCUT2D eigenvalue weighted by Crippen LogP contribution is -2.22. The molecule has 1 aromatic heterocycles. The van der Waals surface area contributed by atoms with Crippen LogP contribution in [0.3, 0.4) is 0 Å². The summed E-state index contributed by atoms with van der Waals surface area (Å²) in [6.45, 7) is 8.24. The van der Waals surface area contributed by atoms with E-state index in [-0.39, 0.29) is 5.91 Å². The molecule has 144 valence electrons. The first-order valence-electron chi connectivity index (χ1n) is 10.00. The van der Waals surface area contributed by atoms with Gasteiger partial charge in [0.05, 0.1) is 11.9 Å². The molecule has 1 fully saturated rings. The number of nitrogens with one attached hydrogen (secondary N) is 2. The summed E-state index contributed by atoms with van der Waals surface area (Å²) in [4.78, 5) is 19.2. The highest BCUT2D eigenvalue weighted by molar-refractivity contribution is 6.03. The van der Waals surface area contributed by atoms with Gasteiger partial charge in [0.2, 0.25) is 0 Å². The Morgan fingerprint density at radius 2 is 1.89 bits per heavy atom. The summed E-state index contributed by atoms with van der Waals surface area (Å²) in [5.74, 6) is -0.180. The van der Waals surface area contributed by atoms with Gasteiger partial charge in [-0.05, 0) is 69.5 Å². The van der Waals surface area contributed by atoms with Crippen LogP contribution in [-0.2, 0) is 0 Å². The summed E-state index contributed by atoms with van der Waals surface area (Å²) in [6, 6.07) is 10.4. The molecule has 1 aromatic carbocycles. The monoisotopic (exact) mass is 366 g/mol. The first-order chi connectivity index (χ1) is 13.1. The third kappa shape index (κ3) is 4.79. The Morgan fingerprint density at radius 3 is 2.48 bits per heavy atom. The zero-order valence-corrected chi connectivity index (χ0v) is 16.6. The summed E-state index contributed by atoms with van der Waals surface area (Å²) in [5, 5.41) is 6.48. The second-order valence-electron chi connectivity index (χ2n) is 7.18. The summed E-state index contributed by atoms with van der Waals surface area (Å²) in [6.07, 6.45) is 6.76. The molecule has 5 heteroatoms. The lowest BCUT2D eigenvalue weighted by Gasteiger charge is -2.22. The molecule has 1 saturated carbocycles. The van der Waals surface area contributed by atoms with Crippen LogP contribution in [0.5, 0.6) is 0 Å². The molecule has 0 spiro atoms. The van der Waals surface area contributed by atoms with Gasteiger partial charge in [0.15, 0.2) is 0 Å². The zero-order chi connectivity index (χ0) is 19.2. The van der Waals surface area contributed by atoms with E-state index in [9.17, 15) is 4.79 Å². The number of hydrogen-bond acceptors (Lipinski definition) is 4. The van der Waals surface area contributed by atoms with Crippen molar-refractivity contribution in [2.75, 3.05) is 28.6 Å². The Hall–Kier alpha value is -2.56. The average molecular weight is 367 g/mol. The maximum Gasteiger partial charge on any atom is 0.274 e. The van der Waals surface area contributed by atoms with Gasteiger partial charge < -0.3 is 15.5 Å². The molecule has 1 amide bonds. The van der Waals surface area contributed by atoms with Gasteiger partial charge in [0.1, 0.15) is 5.69 Å². The molecule has 5 nitrogen and oxygen atoms in total. The fourth-order valence-electron chi connectivity index (χ4n) is 3.68. The predicted octanol–water partition coefficient (Wildman–Crippen LogP) is 4.84. The minimum absolute atomic E-state index is 0.180. The van der Waals surface area contributed by atoms with Crippen molar-refractivity contribution < 1.29 is 4.79 Å². The highest BCUT2D eigenvalue weighted by Gasteiger charge is 2.15. The van der Waals surface area contributed by atoms with Gasteiger partial charge in [0, 0.05) is 30.5 Å². The van der Waals surface area contributed by atoms with Crippen LogP contribution in [0, 0.1) is 6.92 Å². The number of hydrogen-bond donors (Lipinski definition) is 2. The minimum Gasteiger partial charge on any atom is -0.381 e. The summed E-state index contributed by atoms with van der Waals surface area (Å²) in [5.41, 5.74) is 4.46. The summed E-state index contributed by atoms with van der Waals surface area (Å²) < 4.78 is 0. The number of amides is 1. The fraction of sp³-hybridized carbons (Fsp3) is 0.455. The van der Waals surface area contributed by atoms with Gasteiger partial charge in [-0.25, -0.2) is 4.98 Å². The second kappa shape index (κ2) is 8.89. The maximum atomic E-state index is 12.5. The number of carbonyl (C=O) groups is 1. The molecule has 0 atom stereocenters.